The smallest absolute Gasteiger partial charge is 0.322 e. The fraction of sp³-hybridized carbons (Fsp3) is 0.333. The second-order valence-electron chi connectivity index (χ2n) is 8.77. The molecular formula is C27H33N3O2S. The van der Waals surface area contributed by atoms with Crippen LogP contribution >= 0.6 is 11.3 Å². The molecule has 0 saturated carbocycles. The number of benzene rings is 2. The van der Waals surface area contributed by atoms with Crippen molar-refractivity contribution in [1.82, 2.24) is 9.80 Å². The second-order valence-corrected chi connectivity index (χ2v) is 10.1. The number of rotatable bonds is 9. The van der Waals surface area contributed by atoms with Crippen LogP contribution in [0.4, 0.5) is 10.5 Å². The molecule has 174 valence electrons. The van der Waals surface area contributed by atoms with Gasteiger partial charge in [-0.25, -0.2) is 4.79 Å². The average Bonchev–Trinajstić information content (AvgIpc) is 3.19. The summed E-state index contributed by atoms with van der Waals surface area (Å²) < 4.78 is 0. The monoisotopic (exact) mass is 463 g/mol. The van der Waals surface area contributed by atoms with E-state index in [1.807, 2.05) is 66.4 Å². The molecule has 0 bridgehead atoms. The second kappa shape index (κ2) is 11.7. The third kappa shape index (κ3) is 7.46. The lowest BCUT2D eigenvalue weighted by Crippen LogP contribution is -2.45. The van der Waals surface area contributed by atoms with Gasteiger partial charge in [0.25, 0.3) is 0 Å². The molecule has 0 aliphatic rings. The van der Waals surface area contributed by atoms with Gasteiger partial charge in [-0.05, 0) is 49.1 Å². The molecule has 3 amide bonds. The highest BCUT2D eigenvalue weighted by molar-refractivity contribution is 7.11. The maximum atomic E-state index is 13.5. The molecule has 3 rings (SSSR count). The van der Waals surface area contributed by atoms with Gasteiger partial charge < -0.3 is 15.1 Å². The minimum Gasteiger partial charge on any atom is -0.332 e. The van der Waals surface area contributed by atoms with Crippen LogP contribution in [-0.2, 0) is 17.9 Å². The maximum Gasteiger partial charge on any atom is 0.322 e. The van der Waals surface area contributed by atoms with E-state index >= 15 is 0 Å². The first-order valence-electron chi connectivity index (χ1n) is 11.3. The van der Waals surface area contributed by atoms with Crippen molar-refractivity contribution in [3.8, 4) is 0 Å². The molecule has 3 aromatic rings. The van der Waals surface area contributed by atoms with Gasteiger partial charge >= 0.3 is 6.03 Å². The summed E-state index contributed by atoms with van der Waals surface area (Å²) in [5.41, 5.74) is 2.82. The normalized spacial score (nSPS) is 10.8. The fourth-order valence-corrected chi connectivity index (χ4v) is 4.53. The summed E-state index contributed by atoms with van der Waals surface area (Å²) in [6, 6.07) is 21.5. The zero-order chi connectivity index (χ0) is 23.8. The highest BCUT2D eigenvalue weighted by Crippen LogP contribution is 2.20. The van der Waals surface area contributed by atoms with Gasteiger partial charge in [0, 0.05) is 28.5 Å². The molecular weight excluding hydrogens is 430 g/mol. The minimum atomic E-state index is -0.252. The third-order valence-electron chi connectivity index (χ3n) is 5.30. The first-order chi connectivity index (χ1) is 15.8. The molecule has 1 aromatic heterocycles. The van der Waals surface area contributed by atoms with Gasteiger partial charge in [-0.3, -0.25) is 4.79 Å². The number of hydrogen-bond acceptors (Lipinski definition) is 3. The van der Waals surface area contributed by atoms with E-state index < -0.39 is 0 Å². The lowest BCUT2D eigenvalue weighted by molar-refractivity contribution is -0.133. The average molecular weight is 464 g/mol. The largest absolute Gasteiger partial charge is 0.332 e. The molecule has 0 unspecified atom stereocenters. The van der Waals surface area contributed by atoms with Gasteiger partial charge in [0.05, 0.1) is 6.54 Å². The number of para-hydroxylation sites is 1. The number of carbonyl (C=O) groups excluding carboxylic acids is 2. The van der Waals surface area contributed by atoms with Crippen molar-refractivity contribution >= 4 is 29.0 Å². The number of nitrogens with one attached hydrogen (secondary N) is 1. The predicted molar refractivity (Wildman–Crippen MR) is 136 cm³/mol. The number of anilines is 1. The predicted octanol–water partition coefficient (Wildman–Crippen LogP) is 6.08. The molecule has 5 nitrogen and oxygen atoms in total. The lowest BCUT2D eigenvalue weighted by Gasteiger charge is -2.29. The molecule has 33 heavy (non-hydrogen) atoms. The van der Waals surface area contributed by atoms with Crippen LogP contribution in [0.3, 0.4) is 0 Å². The Morgan fingerprint density at radius 2 is 1.58 bits per heavy atom. The highest BCUT2D eigenvalue weighted by Gasteiger charge is 2.23. The SMILES string of the molecule is Cc1ccc(CN(Cc2ccccc2)C(=O)CN(CC(C)C)C(=O)Nc2ccccc2C)s1. The van der Waals surface area contributed by atoms with Gasteiger partial charge in [-0.1, -0.05) is 62.4 Å². The number of carbonyl (C=O) groups is 2. The molecule has 0 aliphatic carbocycles. The Kier molecular flexibility index (Phi) is 8.66. The van der Waals surface area contributed by atoms with Crippen LogP contribution in [0.1, 0.15) is 34.7 Å². The molecule has 1 heterocycles. The van der Waals surface area contributed by atoms with Crippen LogP contribution in [0.5, 0.6) is 0 Å². The molecule has 0 saturated heterocycles. The van der Waals surface area contributed by atoms with E-state index in [1.165, 1.54) is 4.88 Å². The van der Waals surface area contributed by atoms with Gasteiger partial charge in [0.1, 0.15) is 6.54 Å². The van der Waals surface area contributed by atoms with E-state index in [0.29, 0.717) is 19.6 Å². The zero-order valence-corrected chi connectivity index (χ0v) is 20.7. The summed E-state index contributed by atoms with van der Waals surface area (Å²) in [5.74, 6) is 0.174. The Hall–Kier alpha value is -3.12. The van der Waals surface area contributed by atoms with Crippen molar-refractivity contribution in [2.75, 3.05) is 18.4 Å². The van der Waals surface area contributed by atoms with E-state index in [2.05, 4.69) is 38.2 Å². The highest BCUT2D eigenvalue weighted by atomic mass is 32.1. The first kappa shape index (κ1) is 24.5. The summed E-state index contributed by atoms with van der Waals surface area (Å²) in [6.45, 7) is 9.69. The molecule has 2 aromatic carbocycles. The Bertz CT molecular complexity index is 1060. The standard InChI is InChI=1S/C27H33N3O2S/c1-20(2)16-30(27(32)28-25-13-9-8-10-21(25)3)19-26(31)29(17-23-11-6-5-7-12-23)18-24-15-14-22(4)33-24/h5-15,20H,16-19H2,1-4H3,(H,28,32). The van der Waals surface area contributed by atoms with E-state index in [-0.39, 0.29) is 24.4 Å². The molecule has 6 heteroatoms. The molecule has 0 fully saturated rings. The summed E-state index contributed by atoms with van der Waals surface area (Å²) in [6.07, 6.45) is 0. The minimum absolute atomic E-state index is 0.0348. The van der Waals surface area contributed by atoms with Crippen molar-refractivity contribution in [1.29, 1.82) is 0 Å². The van der Waals surface area contributed by atoms with Crippen molar-refractivity contribution < 1.29 is 9.59 Å². The van der Waals surface area contributed by atoms with Gasteiger partial charge in [-0.2, -0.15) is 0 Å². The quantitative estimate of drug-likeness (QED) is 0.418. The third-order valence-corrected chi connectivity index (χ3v) is 6.28. The van der Waals surface area contributed by atoms with E-state index in [1.54, 1.807) is 16.2 Å². The van der Waals surface area contributed by atoms with Gasteiger partial charge in [0.2, 0.25) is 5.91 Å². The lowest BCUT2D eigenvalue weighted by atomic mass is 10.2. The van der Waals surface area contributed by atoms with Crippen molar-refractivity contribution in [2.24, 2.45) is 5.92 Å². The fourth-order valence-electron chi connectivity index (χ4n) is 3.62. The molecule has 1 N–H and O–H groups in total. The Labute approximate surface area is 201 Å². The van der Waals surface area contributed by atoms with Gasteiger partial charge in [-0.15, -0.1) is 11.3 Å². The van der Waals surface area contributed by atoms with Crippen LogP contribution in [0, 0.1) is 19.8 Å². The number of thiophene rings is 1. The topological polar surface area (TPSA) is 52.7 Å². The molecule has 0 aliphatic heterocycles. The number of hydrogen-bond donors (Lipinski definition) is 1. The summed E-state index contributed by atoms with van der Waals surface area (Å²) in [7, 11) is 0. The Morgan fingerprint density at radius 1 is 0.879 bits per heavy atom. The summed E-state index contributed by atoms with van der Waals surface area (Å²) in [4.78, 5) is 32.4. The van der Waals surface area contributed by atoms with E-state index in [4.69, 9.17) is 0 Å². The van der Waals surface area contributed by atoms with Crippen molar-refractivity contribution in [2.45, 2.75) is 40.8 Å². The molecule has 0 spiro atoms. The van der Waals surface area contributed by atoms with Gasteiger partial charge in [0.15, 0.2) is 0 Å². The molecule has 0 atom stereocenters. The van der Waals surface area contributed by atoms with Crippen LogP contribution in [-0.4, -0.2) is 34.8 Å². The van der Waals surface area contributed by atoms with E-state index in [9.17, 15) is 9.59 Å². The number of amides is 3. The summed E-state index contributed by atoms with van der Waals surface area (Å²) >= 11 is 1.70. The number of nitrogens with zero attached hydrogens (tertiary/aromatic N) is 2. The van der Waals surface area contributed by atoms with E-state index in [0.717, 1.165) is 21.7 Å². The van der Waals surface area contributed by atoms with Crippen LogP contribution < -0.4 is 5.32 Å². The van der Waals surface area contributed by atoms with Crippen molar-refractivity contribution in [3.63, 3.8) is 0 Å². The maximum absolute atomic E-state index is 13.5. The number of urea groups is 1. The number of aryl methyl sites for hydroxylation is 2. The van der Waals surface area contributed by atoms with Crippen LogP contribution in [0.2, 0.25) is 0 Å². The van der Waals surface area contributed by atoms with Crippen LogP contribution in [0.15, 0.2) is 66.7 Å². The van der Waals surface area contributed by atoms with Crippen molar-refractivity contribution in [3.05, 3.63) is 87.6 Å². The zero-order valence-electron chi connectivity index (χ0n) is 19.9. The Balaban J connectivity index is 1.77. The summed E-state index contributed by atoms with van der Waals surface area (Å²) in [5, 5.41) is 2.98. The Morgan fingerprint density at radius 3 is 2.21 bits per heavy atom. The molecule has 0 radical (unpaired) electrons. The van der Waals surface area contributed by atoms with Crippen LogP contribution in [0.25, 0.3) is 0 Å². The first-order valence-corrected chi connectivity index (χ1v) is 12.1.